The first-order valence-electron chi connectivity index (χ1n) is 18.6. The number of aliphatic hydroxyl groups is 4. The first-order valence-corrected chi connectivity index (χ1v) is 21.6. The smallest absolute Gasteiger partial charge is 0.444 e. The molecule has 360 valence electrons. The van der Waals surface area contributed by atoms with E-state index in [1.165, 1.54) is 45.0 Å². The summed E-state index contributed by atoms with van der Waals surface area (Å²) in [5.74, 6) is -0.441. The quantitative estimate of drug-likeness (QED) is 0.0388. The van der Waals surface area contributed by atoms with E-state index in [1.54, 1.807) is 20.8 Å². The number of aryl methyl sites for hydroxylation is 2. The molecule has 20 N–H and O–H groups in total. The fraction of sp³-hybridized carbons (Fsp3) is 0.645. The van der Waals surface area contributed by atoms with Crippen molar-refractivity contribution >= 4 is 56.0 Å². The number of aromatic amines is 2. The number of H-pyrrole nitrogens is 2. The zero-order chi connectivity index (χ0) is 45.6. The highest BCUT2D eigenvalue weighted by Gasteiger charge is 2.49. The summed E-state index contributed by atoms with van der Waals surface area (Å²) in [5.41, 5.74) is 9.40. The van der Waals surface area contributed by atoms with E-state index in [-0.39, 0.29) is 46.5 Å². The lowest BCUT2D eigenvalue weighted by molar-refractivity contribution is -0.746. The number of nitrogen functional groups attached to an aromatic ring is 2. The zero-order valence-corrected chi connectivity index (χ0v) is 37.6. The van der Waals surface area contributed by atoms with Gasteiger partial charge in [0.15, 0.2) is 12.7 Å². The van der Waals surface area contributed by atoms with Gasteiger partial charge in [-0.05, 0) is 20.8 Å². The van der Waals surface area contributed by atoms with Crippen molar-refractivity contribution in [1.29, 1.82) is 0 Å². The molecule has 2 aliphatic heterocycles. The number of aliphatic hydroxyl groups excluding tert-OH is 4. The number of nitrogens with one attached hydrogen (secondary N) is 2. The molecule has 2 saturated heterocycles. The lowest BCUT2D eigenvalue weighted by Crippen LogP contribution is -2.46. The maximum atomic E-state index is 13.0. The summed E-state index contributed by atoms with van der Waals surface area (Å²) in [5, 5.41) is 42.8. The van der Waals surface area contributed by atoms with Gasteiger partial charge >= 0.3 is 33.0 Å². The van der Waals surface area contributed by atoms with Crippen LogP contribution in [0.5, 0.6) is 0 Å². The monoisotopic (exact) mass is 961 g/mol. The Balaban J connectivity index is 0.00000449. The van der Waals surface area contributed by atoms with Crippen LogP contribution in [0.2, 0.25) is 0 Å². The first kappa shape index (κ1) is 52.1. The summed E-state index contributed by atoms with van der Waals surface area (Å²) in [4.78, 5) is 72.4. The Morgan fingerprint density at radius 1 is 0.766 bits per heavy atom. The number of nitrogens with zero attached hydrogens (tertiary/aromatic N) is 7. The van der Waals surface area contributed by atoms with Crippen molar-refractivity contribution in [3.63, 3.8) is 0 Å². The molecule has 6 heterocycles. The predicted molar refractivity (Wildman–Crippen MR) is 217 cm³/mol. The Morgan fingerprint density at radius 3 is 1.50 bits per heavy atom. The molecule has 0 aliphatic carbocycles. The third kappa shape index (κ3) is 11.5. The number of quaternary nitrogens is 2. The van der Waals surface area contributed by atoms with Crippen molar-refractivity contribution in [2.75, 3.05) is 51.0 Å². The fourth-order valence-electron chi connectivity index (χ4n) is 6.67. The van der Waals surface area contributed by atoms with Crippen molar-refractivity contribution in [2.24, 2.45) is 14.1 Å². The van der Waals surface area contributed by atoms with Crippen molar-refractivity contribution in [2.45, 2.75) is 75.5 Å². The van der Waals surface area contributed by atoms with E-state index in [0.717, 1.165) is 4.90 Å². The lowest BCUT2D eigenvalue weighted by Gasteiger charge is -2.27. The number of imidazole rings is 2. The van der Waals surface area contributed by atoms with Crippen LogP contribution in [0.3, 0.4) is 0 Å². The number of hydrogen-bond acceptors (Lipinski definition) is 20. The fourth-order valence-corrected chi connectivity index (χ4v) is 8.11. The molecule has 31 nitrogen and oxygen atoms in total. The number of carbonyl (C=O) groups is 1. The highest BCUT2D eigenvalue weighted by molar-refractivity contribution is 7.47. The molecule has 0 aromatic carbocycles. The SMILES string of the molecule is Cn1c[n+](C2O[C@H](COP(=O)(O)OCCN(CCOP(=O)(O)OC[C@H]3O[C@@H]([n+]4cn(C)c5c(=O)[nH]c(N)nc54)[C@H](O)[C@@H]3O)C(=O)OC(C)(C)C)[C@@H](O)[C@H]2O)c2nc(N)[nH]c(=O)c21.[NH4+].[NH4+]. The third-order valence-electron chi connectivity index (χ3n) is 9.49. The third-order valence-corrected chi connectivity index (χ3v) is 11.5. The highest BCUT2D eigenvalue weighted by Crippen LogP contribution is 2.45. The number of ether oxygens (including phenoxy) is 3. The standard InChI is InChI=1S/C31H47N11O18P2.2H3N/c1-31(2,3)60-30(49)40(6-8-54-61(50,51)56-10-14-18(43)20(45)26(58-14)41-12-38(4)16-22(41)34-28(32)36-24(16)47)7-9-55-62(52,53)57-11-15-19(44)21(46)27(59-15)42-13-39(5)17-23(42)35-29(33)37-25(17)48;;/h12-15,18-21,26-27,43-46H,6-11H2,1-5H3,(H6-2,32,33,34,35,36,37,47,48,50,51,52,53);2*1H3/p+4/t14-,15-,18-,19-,20-,21-,26-,27?;;/m1../s1. The number of amides is 1. The van der Waals surface area contributed by atoms with Crippen molar-refractivity contribution in [1.82, 2.24) is 46.3 Å². The highest BCUT2D eigenvalue weighted by atomic mass is 31.2. The van der Waals surface area contributed by atoms with Gasteiger partial charge in [-0.15, -0.1) is 0 Å². The van der Waals surface area contributed by atoms with Gasteiger partial charge in [-0.25, -0.2) is 23.1 Å². The van der Waals surface area contributed by atoms with Gasteiger partial charge in [-0.3, -0.25) is 46.8 Å². The van der Waals surface area contributed by atoms with E-state index in [1.807, 2.05) is 0 Å². The Bertz CT molecular complexity index is 2360. The molecule has 4 aromatic rings. The van der Waals surface area contributed by atoms with Crippen LogP contribution < -0.4 is 44.0 Å². The lowest BCUT2D eigenvalue weighted by atomic mass is 10.1. The summed E-state index contributed by atoms with van der Waals surface area (Å²) in [7, 11) is -6.81. The number of phosphoric acid groups is 2. The number of anilines is 2. The number of rotatable bonds is 16. The molecule has 2 aliphatic rings. The second-order valence-electron chi connectivity index (χ2n) is 15.3. The minimum Gasteiger partial charge on any atom is -0.444 e. The molecule has 0 bridgehead atoms. The number of nitrogens with two attached hydrogens (primary N) is 2. The van der Waals surface area contributed by atoms with Crippen molar-refractivity contribution < 1.29 is 85.6 Å². The van der Waals surface area contributed by atoms with Crippen LogP contribution in [0.25, 0.3) is 22.3 Å². The number of fused-ring (bicyclic) bond motifs is 2. The molecule has 0 saturated carbocycles. The van der Waals surface area contributed by atoms with Gasteiger partial charge in [-0.2, -0.15) is 0 Å². The second-order valence-corrected chi connectivity index (χ2v) is 18.2. The van der Waals surface area contributed by atoms with Crippen LogP contribution >= 0.6 is 15.6 Å². The summed E-state index contributed by atoms with van der Waals surface area (Å²) < 4.78 is 67.8. The molecule has 4 aromatic heterocycles. The Labute approximate surface area is 361 Å². The summed E-state index contributed by atoms with van der Waals surface area (Å²) in [6.07, 6.45) is -10.1. The van der Waals surface area contributed by atoms with Gasteiger partial charge in [0.25, 0.3) is 23.0 Å². The largest absolute Gasteiger partial charge is 0.472 e. The van der Waals surface area contributed by atoms with E-state index in [4.69, 9.17) is 43.8 Å². The molecular formula is C31H57N13O18P2+4. The minimum atomic E-state index is -4.93. The molecule has 0 radical (unpaired) electrons. The number of aromatic nitrogens is 8. The summed E-state index contributed by atoms with van der Waals surface area (Å²) in [6, 6.07) is 0. The van der Waals surface area contributed by atoms with E-state index in [2.05, 4.69) is 19.9 Å². The van der Waals surface area contributed by atoms with Gasteiger partial charge in [0.1, 0.15) is 42.2 Å². The molecular weight excluding hydrogens is 904 g/mol. The molecule has 6 rings (SSSR count). The van der Waals surface area contributed by atoms with Crippen LogP contribution in [-0.2, 0) is 55.5 Å². The molecule has 64 heavy (non-hydrogen) atoms. The summed E-state index contributed by atoms with van der Waals surface area (Å²) >= 11 is 0. The van der Waals surface area contributed by atoms with E-state index in [0.29, 0.717) is 0 Å². The molecule has 0 spiro atoms. The Kier molecular flexibility index (Phi) is 16.2. The average Bonchev–Trinajstić information content (AvgIpc) is 3.85. The molecule has 3 unspecified atom stereocenters. The molecule has 2 fully saturated rings. The molecule has 33 heteroatoms. The van der Waals surface area contributed by atoms with Crippen LogP contribution in [0.4, 0.5) is 16.7 Å². The maximum Gasteiger partial charge on any atom is 0.472 e. The van der Waals surface area contributed by atoms with Gasteiger partial charge in [0, 0.05) is 13.1 Å². The van der Waals surface area contributed by atoms with Crippen molar-refractivity contribution in [3.05, 3.63) is 33.4 Å². The van der Waals surface area contributed by atoms with Gasteiger partial charge in [0.2, 0.25) is 23.5 Å². The van der Waals surface area contributed by atoms with Gasteiger partial charge in [0.05, 0.1) is 40.5 Å². The number of hydrogen-bond donors (Lipinski definition) is 12. The van der Waals surface area contributed by atoms with Crippen LogP contribution in [0.15, 0.2) is 22.2 Å². The van der Waals surface area contributed by atoms with Crippen LogP contribution in [-0.4, -0.2) is 152 Å². The van der Waals surface area contributed by atoms with E-state index < -0.39 is 127 Å². The Hall–Kier alpha value is -4.53. The van der Waals surface area contributed by atoms with Gasteiger partial charge < -0.3 is 73.1 Å². The topological polar surface area (TPSA) is 475 Å². The first-order chi connectivity index (χ1) is 28.9. The van der Waals surface area contributed by atoms with Crippen LogP contribution in [0, 0.1) is 0 Å². The molecule has 1 amide bonds. The molecule has 10 atom stereocenters. The normalized spacial score (nSPS) is 25.4. The number of phosphoric ester groups is 2. The average molecular weight is 962 g/mol. The Morgan fingerprint density at radius 2 is 1.14 bits per heavy atom. The van der Waals surface area contributed by atoms with Gasteiger partial charge in [-0.1, -0.05) is 9.97 Å². The zero-order valence-electron chi connectivity index (χ0n) is 35.8. The second kappa shape index (κ2) is 19.9. The van der Waals surface area contributed by atoms with E-state index in [9.17, 15) is 53.7 Å². The van der Waals surface area contributed by atoms with E-state index >= 15 is 0 Å². The predicted octanol–water partition coefficient (Wildman–Crippen LogP) is -3.23. The maximum absolute atomic E-state index is 13.0. The minimum absolute atomic E-state index is 0. The van der Waals surface area contributed by atoms with Crippen LogP contribution in [0.1, 0.15) is 33.2 Å². The summed E-state index contributed by atoms with van der Waals surface area (Å²) in [6.45, 7) is 0.971. The van der Waals surface area contributed by atoms with Crippen molar-refractivity contribution in [3.8, 4) is 0 Å². The number of carbonyl (C=O) groups excluding carboxylic acids is 1.